The highest BCUT2D eigenvalue weighted by molar-refractivity contribution is 7.90. The molecule has 0 aliphatic heterocycles. The van der Waals surface area contributed by atoms with Crippen LogP contribution in [0.3, 0.4) is 0 Å². The second-order valence-corrected chi connectivity index (χ2v) is 9.10. The number of carbonyl (C=O) groups is 1. The quantitative estimate of drug-likeness (QED) is 0.590. The molecule has 0 aliphatic carbocycles. The van der Waals surface area contributed by atoms with Gasteiger partial charge in [-0.05, 0) is 18.2 Å². The summed E-state index contributed by atoms with van der Waals surface area (Å²) in [5, 5.41) is 4.07. The van der Waals surface area contributed by atoms with Gasteiger partial charge in [0.05, 0.1) is 28.8 Å². The lowest BCUT2D eigenvalue weighted by molar-refractivity contribution is 0.0994. The third kappa shape index (κ3) is 4.01. The van der Waals surface area contributed by atoms with Gasteiger partial charge < -0.3 is 14.0 Å². The van der Waals surface area contributed by atoms with Gasteiger partial charge in [0.15, 0.2) is 14.6 Å². The predicted molar refractivity (Wildman–Crippen MR) is 104 cm³/mol. The van der Waals surface area contributed by atoms with Crippen LogP contribution >= 0.6 is 11.3 Å². The van der Waals surface area contributed by atoms with E-state index in [1.165, 1.54) is 23.1 Å². The fourth-order valence-corrected chi connectivity index (χ4v) is 4.50. The van der Waals surface area contributed by atoms with E-state index >= 15 is 0 Å². The van der Waals surface area contributed by atoms with E-state index in [0.717, 1.165) is 11.8 Å². The molecule has 0 N–H and O–H groups in total. The number of thiazole rings is 1. The van der Waals surface area contributed by atoms with Crippen LogP contribution in [0.15, 0.2) is 34.3 Å². The standard InChI is InChI=1S/C17H20N4O5S2/c1-20-10-12(16(19-20)26-3)15(22)18-17-21(7-8-25-2)13-6-5-11(28(4,23)24)9-14(13)27-17/h5-6,9-10H,7-8H2,1-4H3. The monoisotopic (exact) mass is 424 g/mol. The number of hydrogen-bond donors (Lipinski definition) is 0. The van der Waals surface area contributed by atoms with Crippen molar-refractivity contribution in [2.75, 3.05) is 27.1 Å². The largest absolute Gasteiger partial charge is 0.479 e. The Balaban J connectivity index is 2.17. The van der Waals surface area contributed by atoms with Crippen molar-refractivity contribution in [1.82, 2.24) is 14.3 Å². The lowest BCUT2D eigenvalue weighted by Gasteiger charge is -2.05. The molecule has 2 heterocycles. The molecule has 9 nitrogen and oxygen atoms in total. The molecule has 1 amide bonds. The number of aryl methyl sites for hydroxylation is 1. The van der Waals surface area contributed by atoms with Crippen LogP contribution in [-0.2, 0) is 28.2 Å². The van der Waals surface area contributed by atoms with E-state index in [-0.39, 0.29) is 16.3 Å². The molecular formula is C17H20N4O5S2. The summed E-state index contributed by atoms with van der Waals surface area (Å²) in [6.07, 6.45) is 2.70. The summed E-state index contributed by atoms with van der Waals surface area (Å²) in [5.74, 6) is -0.300. The minimum Gasteiger partial charge on any atom is -0.479 e. The lowest BCUT2D eigenvalue weighted by Crippen LogP contribution is -2.19. The number of sulfone groups is 1. The molecule has 0 bridgehead atoms. The van der Waals surface area contributed by atoms with Crippen LogP contribution in [0.2, 0.25) is 0 Å². The zero-order valence-electron chi connectivity index (χ0n) is 15.9. The second kappa shape index (κ2) is 7.86. The van der Waals surface area contributed by atoms with E-state index in [9.17, 15) is 13.2 Å². The average molecular weight is 425 g/mol. The highest BCUT2D eigenvalue weighted by Crippen LogP contribution is 2.22. The van der Waals surface area contributed by atoms with Crippen molar-refractivity contribution < 1.29 is 22.7 Å². The number of hydrogen-bond acceptors (Lipinski definition) is 7. The summed E-state index contributed by atoms with van der Waals surface area (Å²) in [6, 6.07) is 4.85. The van der Waals surface area contributed by atoms with Crippen molar-refractivity contribution >= 4 is 37.3 Å². The van der Waals surface area contributed by atoms with Crippen molar-refractivity contribution in [3.63, 3.8) is 0 Å². The van der Waals surface area contributed by atoms with Crippen LogP contribution in [0.1, 0.15) is 10.4 Å². The number of aromatic nitrogens is 3. The molecule has 0 aliphatic rings. The normalized spacial score (nSPS) is 12.6. The first-order valence-corrected chi connectivity index (χ1v) is 10.9. The maximum Gasteiger partial charge on any atom is 0.286 e. The minimum absolute atomic E-state index is 0.195. The number of fused-ring (bicyclic) bond motifs is 1. The van der Waals surface area contributed by atoms with Crippen LogP contribution in [0, 0.1) is 0 Å². The van der Waals surface area contributed by atoms with Crippen LogP contribution < -0.4 is 9.54 Å². The highest BCUT2D eigenvalue weighted by Gasteiger charge is 2.17. The molecule has 0 unspecified atom stereocenters. The lowest BCUT2D eigenvalue weighted by atomic mass is 10.3. The molecular weight excluding hydrogens is 404 g/mol. The van der Waals surface area contributed by atoms with Gasteiger partial charge in [0.25, 0.3) is 5.91 Å². The van der Waals surface area contributed by atoms with Gasteiger partial charge in [-0.3, -0.25) is 9.48 Å². The van der Waals surface area contributed by atoms with Crippen LogP contribution in [0.5, 0.6) is 5.88 Å². The Morgan fingerprint density at radius 2 is 2.07 bits per heavy atom. The van der Waals surface area contributed by atoms with E-state index in [1.807, 2.05) is 4.57 Å². The van der Waals surface area contributed by atoms with Gasteiger partial charge in [-0.25, -0.2) is 8.42 Å². The fourth-order valence-electron chi connectivity index (χ4n) is 2.68. The second-order valence-electron chi connectivity index (χ2n) is 6.07. The molecule has 150 valence electrons. The van der Waals surface area contributed by atoms with E-state index in [0.29, 0.717) is 22.7 Å². The maximum absolute atomic E-state index is 12.7. The van der Waals surface area contributed by atoms with Crippen LogP contribution in [0.25, 0.3) is 10.2 Å². The maximum atomic E-state index is 12.7. The van der Waals surface area contributed by atoms with Crippen molar-refractivity contribution in [2.45, 2.75) is 11.4 Å². The molecule has 28 heavy (non-hydrogen) atoms. The Morgan fingerprint density at radius 3 is 2.71 bits per heavy atom. The molecule has 0 fully saturated rings. The smallest absolute Gasteiger partial charge is 0.286 e. The van der Waals surface area contributed by atoms with E-state index < -0.39 is 15.7 Å². The third-order valence-electron chi connectivity index (χ3n) is 4.02. The SMILES string of the molecule is COCCn1c(=NC(=O)c2cn(C)nc2OC)sc2cc(S(C)(=O)=O)ccc21. The number of amides is 1. The summed E-state index contributed by atoms with van der Waals surface area (Å²) in [7, 11) is 1.36. The van der Waals surface area contributed by atoms with Gasteiger partial charge in [-0.1, -0.05) is 11.3 Å². The van der Waals surface area contributed by atoms with Crippen LogP contribution in [0.4, 0.5) is 0 Å². The van der Waals surface area contributed by atoms with Gasteiger partial charge in [0.2, 0.25) is 5.88 Å². The third-order valence-corrected chi connectivity index (χ3v) is 6.17. The highest BCUT2D eigenvalue weighted by atomic mass is 32.2. The fraction of sp³-hybridized carbons (Fsp3) is 0.353. The van der Waals surface area contributed by atoms with E-state index in [4.69, 9.17) is 9.47 Å². The molecule has 0 atom stereocenters. The first-order chi connectivity index (χ1) is 13.2. The van der Waals surface area contributed by atoms with Gasteiger partial charge in [0, 0.05) is 33.2 Å². The van der Waals surface area contributed by atoms with Gasteiger partial charge >= 0.3 is 0 Å². The number of ether oxygens (including phenoxy) is 2. The topological polar surface area (TPSA) is 105 Å². The Kier molecular flexibility index (Phi) is 5.68. The van der Waals surface area contributed by atoms with Crippen LogP contribution in [-0.4, -0.2) is 55.8 Å². The number of carbonyl (C=O) groups excluding carboxylic acids is 1. The first kappa shape index (κ1) is 20.2. The molecule has 0 saturated heterocycles. The Morgan fingerprint density at radius 1 is 1.32 bits per heavy atom. The molecule has 2 aromatic heterocycles. The molecule has 3 rings (SSSR count). The van der Waals surface area contributed by atoms with Crippen molar-refractivity contribution in [1.29, 1.82) is 0 Å². The van der Waals surface area contributed by atoms with Gasteiger partial charge in [-0.2, -0.15) is 4.99 Å². The number of rotatable bonds is 6. The Bertz CT molecular complexity index is 1200. The van der Waals surface area contributed by atoms with Gasteiger partial charge in [-0.15, -0.1) is 5.10 Å². The van der Waals surface area contributed by atoms with Crippen molar-refractivity contribution in [3.8, 4) is 5.88 Å². The summed E-state index contributed by atoms with van der Waals surface area (Å²) >= 11 is 1.24. The first-order valence-electron chi connectivity index (χ1n) is 8.23. The number of nitrogens with zero attached hydrogens (tertiary/aromatic N) is 4. The molecule has 0 radical (unpaired) electrons. The minimum atomic E-state index is -3.34. The van der Waals surface area contributed by atoms with E-state index in [1.54, 1.807) is 38.6 Å². The zero-order chi connectivity index (χ0) is 20.5. The Hall–Kier alpha value is -2.50. The zero-order valence-corrected chi connectivity index (χ0v) is 17.5. The predicted octanol–water partition coefficient (Wildman–Crippen LogP) is 1.24. The summed E-state index contributed by atoms with van der Waals surface area (Å²) in [6.45, 7) is 0.877. The Labute approximate surface area is 165 Å². The molecule has 11 heteroatoms. The van der Waals surface area contributed by atoms with Gasteiger partial charge in [0.1, 0.15) is 5.56 Å². The summed E-state index contributed by atoms with van der Waals surface area (Å²) in [4.78, 5) is 17.6. The summed E-state index contributed by atoms with van der Waals surface area (Å²) in [5.41, 5.74) is 1.02. The number of benzene rings is 1. The van der Waals surface area contributed by atoms with Crippen molar-refractivity contribution in [3.05, 3.63) is 34.8 Å². The number of methoxy groups -OCH3 is 2. The molecule has 0 saturated carbocycles. The molecule has 3 aromatic rings. The van der Waals surface area contributed by atoms with Crippen molar-refractivity contribution in [2.24, 2.45) is 12.0 Å². The molecule has 1 aromatic carbocycles. The molecule has 0 spiro atoms. The summed E-state index contributed by atoms with van der Waals surface area (Å²) < 4.78 is 38.0. The average Bonchev–Trinajstić information content (AvgIpc) is 3.18. The van der Waals surface area contributed by atoms with E-state index in [2.05, 4.69) is 10.1 Å².